The lowest BCUT2D eigenvalue weighted by molar-refractivity contribution is -0.383. The molecule has 0 fully saturated rings. The van der Waals surface area contributed by atoms with Crippen molar-refractivity contribution in [3.05, 3.63) is 51.6 Å². The second-order valence-electron chi connectivity index (χ2n) is 4.07. The summed E-state index contributed by atoms with van der Waals surface area (Å²) in [6.07, 6.45) is 2.03. The fourth-order valence-corrected chi connectivity index (χ4v) is 2.59. The van der Waals surface area contributed by atoms with E-state index in [0.29, 0.717) is 5.56 Å². The van der Waals surface area contributed by atoms with Crippen LogP contribution in [-0.2, 0) is 10.0 Å². The highest BCUT2D eigenvalue weighted by atomic mass is 35.5. The molecule has 1 N–H and O–H groups in total. The van der Waals surface area contributed by atoms with Crippen molar-refractivity contribution in [2.45, 2.75) is 11.8 Å². The number of nitrogens with zero attached hydrogens (tertiary/aromatic N) is 3. The third-order valence-corrected chi connectivity index (χ3v) is 4.02. The highest BCUT2D eigenvalue weighted by Crippen LogP contribution is 2.27. The first-order chi connectivity index (χ1) is 9.79. The summed E-state index contributed by atoms with van der Waals surface area (Å²) in [7, 11) is -4.04. The van der Waals surface area contributed by atoms with Gasteiger partial charge < -0.3 is 0 Å². The number of hydrogen-bond acceptors (Lipinski definition) is 6. The van der Waals surface area contributed by atoms with E-state index in [9.17, 15) is 18.5 Å². The lowest BCUT2D eigenvalue weighted by atomic mass is 10.2. The number of sulfonamides is 1. The van der Waals surface area contributed by atoms with Gasteiger partial charge >= 0.3 is 0 Å². The molecular weight excluding hydrogens is 320 g/mol. The lowest BCUT2D eigenvalue weighted by Crippen LogP contribution is -2.14. The first-order valence-corrected chi connectivity index (χ1v) is 7.41. The standard InChI is InChI=1S/C11H9ClN4O4S/c1-7-2-3-10(16(17)18)9(4-7)15-21(19,20)8-5-13-11(12)14-6-8/h2-6,15H,1H3. The Hall–Kier alpha value is -2.26. The first kappa shape index (κ1) is 15.1. The summed E-state index contributed by atoms with van der Waals surface area (Å²) in [6, 6.07) is 4.11. The second kappa shape index (κ2) is 5.62. The molecule has 110 valence electrons. The number of aryl methyl sites for hydroxylation is 1. The van der Waals surface area contributed by atoms with Gasteiger partial charge in [0.2, 0.25) is 5.28 Å². The monoisotopic (exact) mass is 328 g/mol. The Bertz CT molecular complexity index is 792. The number of nitrogens with one attached hydrogen (secondary N) is 1. The third-order valence-electron chi connectivity index (χ3n) is 2.50. The van der Waals surface area contributed by atoms with Crippen LogP contribution in [0.5, 0.6) is 0 Å². The van der Waals surface area contributed by atoms with Crippen LogP contribution < -0.4 is 4.72 Å². The van der Waals surface area contributed by atoms with E-state index in [-0.39, 0.29) is 21.6 Å². The SMILES string of the molecule is Cc1ccc([N+](=O)[O-])c(NS(=O)(=O)c2cnc(Cl)nc2)c1. The quantitative estimate of drug-likeness (QED) is 0.522. The Morgan fingerprint density at radius 2 is 1.90 bits per heavy atom. The van der Waals surface area contributed by atoms with E-state index >= 15 is 0 Å². The molecule has 0 saturated heterocycles. The van der Waals surface area contributed by atoms with Gasteiger partial charge in [0, 0.05) is 6.07 Å². The maximum absolute atomic E-state index is 12.1. The van der Waals surface area contributed by atoms with Crippen LogP contribution >= 0.6 is 11.6 Å². The van der Waals surface area contributed by atoms with Gasteiger partial charge in [-0.25, -0.2) is 18.4 Å². The van der Waals surface area contributed by atoms with Gasteiger partial charge in [-0.1, -0.05) is 6.07 Å². The Morgan fingerprint density at radius 1 is 1.29 bits per heavy atom. The van der Waals surface area contributed by atoms with Gasteiger partial charge in [0.1, 0.15) is 10.6 Å². The fourth-order valence-electron chi connectivity index (χ4n) is 1.53. The lowest BCUT2D eigenvalue weighted by Gasteiger charge is -2.08. The van der Waals surface area contributed by atoms with Crippen molar-refractivity contribution in [1.29, 1.82) is 0 Å². The van der Waals surface area contributed by atoms with Crippen molar-refractivity contribution in [3.63, 3.8) is 0 Å². The molecule has 2 rings (SSSR count). The topological polar surface area (TPSA) is 115 Å². The molecule has 0 bridgehead atoms. The molecule has 0 saturated carbocycles. The first-order valence-electron chi connectivity index (χ1n) is 5.55. The number of benzene rings is 1. The summed E-state index contributed by atoms with van der Waals surface area (Å²) in [4.78, 5) is 17.1. The molecule has 0 spiro atoms. The Labute approximate surface area is 125 Å². The summed E-state index contributed by atoms with van der Waals surface area (Å²) in [5.74, 6) is 0. The number of nitro benzene ring substituents is 1. The second-order valence-corrected chi connectivity index (χ2v) is 6.09. The summed E-state index contributed by atoms with van der Waals surface area (Å²) < 4.78 is 26.4. The molecule has 0 aliphatic heterocycles. The predicted octanol–water partition coefficient (Wildman–Crippen LogP) is 2.15. The average molecular weight is 329 g/mol. The third kappa shape index (κ3) is 3.44. The number of rotatable bonds is 4. The van der Waals surface area contributed by atoms with E-state index in [1.54, 1.807) is 6.92 Å². The van der Waals surface area contributed by atoms with E-state index in [1.807, 2.05) is 0 Å². The van der Waals surface area contributed by atoms with Crippen molar-refractivity contribution in [2.75, 3.05) is 4.72 Å². The zero-order valence-corrected chi connectivity index (χ0v) is 12.2. The van der Waals surface area contributed by atoms with Crippen LogP contribution in [0, 0.1) is 17.0 Å². The summed E-state index contributed by atoms with van der Waals surface area (Å²) >= 11 is 5.48. The maximum atomic E-state index is 12.1. The summed E-state index contributed by atoms with van der Waals surface area (Å²) in [6.45, 7) is 1.69. The van der Waals surface area contributed by atoms with Gasteiger partial charge in [0.05, 0.1) is 17.3 Å². The van der Waals surface area contributed by atoms with Gasteiger partial charge in [0.15, 0.2) is 0 Å². The van der Waals surface area contributed by atoms with E-state index in [4.69, 9.17) is 11.6 Å². The molecule has 0 unspecified atom stereocenters. The smallest absolute Gasteiger partial charge is 0.273 e. The molecule has 10 heteroatoms. The van der Waals surface area contributed by atoms with Crippen LogP contribution in [0.4, 0.5) is 11.4 Å². The number of nitro groups is 1. The normalized spacial score (nSPS) is 11.1. The largest absolute Gasteiger partial charge is 0.293 e. The van der Waals surface area contributed by atoms with Crippen LogP contribution in [0.1, 0.15) is 5.56 Å². The molecule has 0 aliphatic carbocycles. The van der Waals surface area contributed by atoms with E-state index < -0.39 is 14.9 Å². The minimum Gasteiger partial charge on any atom is -0.273 e. The molecular formula is C11H9ClN4O4S. The van der Waals surface area contributed by atoms with Crippen LogP contribution in [-0.4, -0.2) is 23.3 Å². The number of anilines is 1. The molecule has 21 heavy (non-hydrogen) atoms. The number of aromatic nitrogens is 2. The maximum Gasteiger partial charge on any atom is 0.293 e. The molecule has 1 aromatic heterocycles. The van der Waals surface area contributed by atoms with E-state index in [2.05, 4.69) is 14.7 Å². The zero-order chi connectivity index (χ0) is 15.6. The minimum absolute atomic E-state index is 0.101. The van der Waals surface area contributed by atoms with Gasteiger partial charge in [-0.2, -0.15) is 0 Å². The Balaban J connectivity index is 2.43. The summed E-state index contributed by atoms with van der Waals surface area (Å²) in [5.41, 5.74) is 0.194. The molecule has 0 amide bonds. The van der Waals surface area contributed by atoms with E-state index in [1.165, 1.54) is 18.2 Å². The summed E-state index contributed by atoms with van der Waals surface area (Å²) in [5, 5.41) is 10.8. The molecule has 0 radical (unpaired) electrons. The molecule has 1 aromatic carbocycles. The van der Waals surface area contributed by atoms with Crippen molar-refractivity contribution in [1.82, 2.24) is 9.97 Å². The van der Waals surface area contributed by atoms with Crippen LogP contribution in [0.2, 0.25) is 5.28 Å². The zero-order valence-electron chi connectivity index (χ0n) is 10.6. The Kier molecular flexibility index (Phi) is 4.05. The average Bonchev–Trinajstić information content (AvgIpc) is 2.38. The molecule has 8 nitrogen and oxygen atoms in total. The molecule has 1 heterocycles. The van der Waals surface area contributed by atoms with Gasteiger partial charge in [-0.3, -0.25) is 14.8 Å². The molecule has 0 aliphatic rings. The number of hydrogen-bond donors (Lipinski definition) is 1. The van der Waals surface area contributed by atoms with Crippen molar-refractivity contribution in [3.8, 4) is 0 Å². The highest BCUT2D eigenvalue weighted by Gasteiger charge is 2.21. The van der Waals surface area contributed by atoms with E-state index in [0.717, 1.165) is 12.4 Å². The highest BCUT2D eigenvalue weighted by molar-refractivity contribution is 7.92. The molecule has 2 aromatic rings. The van der Waals surface area contributed by atoms with Crippen molar-refractivity contribution in [2.24, 2.45) is 0 Å². The van der Waals surface area contributed by atoms with Crippen LogP contribution in [0.15, 0.2) is 35.5 Å². The van der Waals surface area contributed by atoms with Crippen LogP contribution in [0.3, 0.4) is 0 Å². The fraction of sp³-hybridized carbons (Fsp3) is 0.0909. The predicted molar refractivity (Wildman–Crippen MR) is 75.7 cm³/mol. The minimum atomic E-state index is -4.04. The van der Waals surface area contributed by atoms with Crippen LogP contribution in [0.25, 0.3) is 0 Å². The van der Waals surface area contributed by atoms with Gasteiger partial charge in [0.25, 0.3) is 15.7 Å². The van der Waals surface area contributed by atoms with Gasteiger partial charge in [-0.15, -0.1) is 0 Å². The van der Waals surface area contributed by atoms with Crippen molar-refractivity contribution < 1.29 is 13.3 Å². The van der Waals surface area contributed by atoms with Crippen molar-refractivity contribution >= 4 is 33.0 Å². The number of halogens is 1. The molecule has 0 atom stereocenters. The van der Waals surface area contributed by atoms with Gasteiger partial charge in [-0.05, 0) is 30.2 Å². The Morgan fingerprint density at radius 3 is 2.48 bits per heavy atom.